The summed E-state index contributed by atoms with van der Waals surface area (Å²) < 4.78 is 10.5. The monoisotopic (exact) mass is 389 g/mol. The lowest BCUT2D eigenvalue weighted by Crippen LogP contribution is -2.40. The van der Waals surface area contributed by atoms with Crippen molar-refractivity contribution < 1.29 is 28.7 Å². The van der Waals surface area contributed by atoms with E-state index >= 15 is 0 Å². The van der Waals surface area contributed by atoms with Gasteiger partial charge in [-0.05, 0) is 19.9 Å². The number of nitrogens with zero attached hydrogens (tertiary/aromatic N) is 1. The van der Waals surface area contributed by atoms with Crippen molar-refractivity contribution in [2.75, 3.05) is 19.8 Å². The fourth-order valence-corrected chi connectivity index (χ4v) is 3.17. The number of amides is 4. The summed E-state index contributed by atoms with van der Waals surface area (Å²) in [5.41, 5.74) is -0.101. The standard InChI is InChI=1S/C19H23N3O6/c1-19(2)17(25)22(18(26)21-19)9-7-16(24)28-11-15(23)20-13-8-10-27-14-6-4-3-5-12(13)14/h3-6,13H,7-11H2,1-2H3,(H,20,23)(H,21,26). The second-order valence-electron chi connectivity index (χ2n) is 7.22. The summed E-state index contributed by atoms with van der Waals surface area (Å²) in [5.74, 6) is -0.757. The molecule has 28 heavy (non-hydrogen) atoms. The van der Waals surface area contributed by atoms with Crippen molar-refractivity contribution in [3.05, 3.63) is 29.8 Å². The number of imide groups is 1. The summed E-state index contributed by atoms with van der Waals surface area (Å²) in [7, 11) is 0. The number of carbonyl (C=O) groups is 4. The van der Waals surface area contributed by atoms with Gasteiger partial charge in [-0.1, -0.05) is 18.2 Å². The molecule has 3 rings (SSSR count). The molecule has 1 atom stereocenters. The first-order valence-corrected chi connectivity index (χ1v) is 9.09. The van der Waals surface area contributed by atoms with Crippen LogP contribution < -0.4 is 15.4 Å². The molecule has 2 aliphatic heterocycles. The molecule has 9 nitrogen and oxygen atoms in total. The topological polar surface area (TPSA) is 114 Å². The van der Waals surface area contributed by atoms with Crippen LogP contribution in [0, 0.1) is 0 Å². The lowest BCUT2D eigenvalue weighted by atomic mass is 10.0. The Morgan fingerprint density at radius 1 is 1.32 bits per heavy atom. The molecule has 0 radical (unpaired) electrons. The molecule has 1 aromatic carbocycles. The van der Waals surface area contributed by atoms with Gasteiger partial charge in [-0.3, -0.25) is 19.3 Å². The number of carbonyl (C=O) groups excluding carboxylic acids is 4. The largest absolute Gasteiger partial charge is 0.493 e. The maximum Gasteiger partial charge on any atom is 0.325 e. The summed E-state index contributed by atoms with van der Waals surface area (Å²) in [4.78, 5) is 48.8. The van der Waals surface area contributed by atoms with Gasteiger partial charge in [0.25, 0.3) is 11.8 Å². The molecule has 2 heterocycles. The Hall–Kier alpha value is -3.10. The molecule has 150 valence electrons. The number of nitrogens with one attached hydrogen (secondary N) is 2. The van der Waals surface area contributed by atoms with E-state index < -0.39 is 36.0 Å². The van der Waals surface area contributed by atoms with E-state index in [0.717, 1.165) is 16.2 Å². The van der Waals surface area contributed by atoms with Gasteiger partial charge in [-0.25, -0.2) is 4.79 Å². The van der Waals surface area contributed by atoms with Crippen molar-refractivity contribution >= 4 is 23.8 Å². The van der Waals surface area contributed by atoms with Crippen LogP contribution >= 0.6 is 0 Å². The minimum absolute atomic E-state index is 0.0953. The van der Waals surface area contributed by atoms with E-state index in [2.05, 4.69) is 10.6 Å². The average molecular weight is 389 g/mol. The zero-order valence-corrected chi connectivity index (χ0v) is 15.8. The fraction of sp³-hybridized carbons (Fsp3) is 0.474. The number of benzene rings is 1. The molecule has 0 bridgehead atoms. The van der Waals surface area contributed by atoms with Gasteiger partial charge in [0, 0.05) is 18.5 Å². The van der Waals surface area contributed by atoms with Crippen LogP contribution in [-0.2, 0) is 19.1 Å². The summed E-state index contributed by atoms with van der Waals surface area (Å²) >= 11 is 0. The molecule has 4 amide bonds. The van der Waals surface area contributed by atoms with Crippen LogP contribution in [0.4, 0.5) is 4.79 Å². The van der Waals surface area contributed by atoms with Crippen molar-refractivity contribution in [3.8, 4) is 5.75 Å². The Morgan fingerprint density at radius 2 is 2.07 bits per heavy atom. The summed E-state index contributed by atoms with van der Waals surface area (Å²) in [6, 6.07) is 6.69. The molecular formula is C19H23N3O6. The zero-order chi connectivity index (χ0) is 20.3. The molecule has 1 saturated heterocycles. The van der Waals surface area contributed by atoms with Crippen molar-refractivity contribution in [1.82, 2.24) is 15.5 Å². The normalized spacial score (nSPS) is 20.1. The third kappa shape index (κ3) is 4.24. The Balaban J connectivity index is 1.43. The zero-order valence-electron chi connectivity index (χ0n) is 15.8. The van der Waals surface area contributed by atoms with Crippen LogP contribution in [0.15, 0.2) is 24.3 Å². The number of ether oxygens (including phenoxy) is 2. The van der Waals surface area contributed by atoms with Gasteiger partial charge in [0.2, 0.25) is 0 Å². The second kappa shape index (κ2) is 7.87. The van der Waals surface area contributed by atoms with Crippen LogP contribution in [0.2, 0.25) is 0 Å². The van der Waals surface area contributed by atoms with Crippen LogP contribution in [0.5, 0.6) is 5.75 Å². The number of esters is 1. The van der Waals surface area contributed by atoms with Crippen molar-refractivity contribution in [1.29, 1.82) is 0 Å². The van der Waals surface area contributed by atoms with Gasteiger partial charge >= 0.3 is 12.0 Å². The quantitative estimate of drug-likeness (QED) is 0.552. The summed E-state index contributed by atoms with van der Waals surface area (Å²) in [5, 5.41) is 5.36. The van der Waals surface area contributed by atoms with Gasteiger partial charge in [0.1, 0.15) is 11.3 Å². The van der Waals surface area contributed by atoms with Crippen LogP contribution in [0.25, 0.3) is 0 Å². The van der Waals surface area contributed by atoms with Gasteiger partial charge in [-0.15, -0.1) is 0 Å². The van der Waals surface area contributed by atoms with E-state index in [1.54, 1.807) is 13.8 Å². The summed E-state index contributed by atoms with van der Waals surface area (Å²) in [6.45, 7) is 3.14. The van der Waals surface area contributed by atoms with Gasteiger partial charge in [0.05, 0.1) is 19.1 Å². The number of hydrogen-bond acceptors (Lipinski definition) is 6. The average Bonchev–Trinajstić information content (AvgIpc) is 2.85. The minimum atomic E-state index is -0.985. The Bertz CT molecular complexity index is 807. The first kappa shape index (κ1) is 19.7. The number of fused-ring (bicyclic) bond motifs is 1. The predicted molar refractivity (Wildman–Crippen MR) is 97.3 cm³/mol. The molecule has 0 spiro atoms. The Morgan fingerprint density at radius 3 is 2.79 bits per heavy atom. The highest BCUT2D eigenvalue weighted by molar-refractivity contribution is 6.06. The lowest BCUT2D eigenvalue weighted by molar-refractivity contribution is -0.149. The highest BCUT2D eigenvalue weighted by Gasteiger charge is 2.44. The molecule has 2 N–H and O–H groups in total. The molecule has 1 unspecified atom stereocenters. The SMILES string of the molecule is CC1(C)NC(=O)N(CCC(=O)OCC(=O)NC2CCOc3ccccc32)C1=O. The van der Waals surface area contributed by atoms with Crippen LogP contribution in [0.1, 0.15) is 38.3 Å². The highest BCUT2D eigenvalue weighted by atomic mass is 16.5. The van der Waals surface area contributed by atoms with E-state index in [0.29, 0.717) is 13.0 Å². The van der Waals surface area contributed by atoms with Crippen LogP contribution in [0.3, 0.4) is 0 Å². The first-order valence-electron chi connectivity index (χ1n) is 9.09. The second-order valence-corrected chi connectivity index (χ2v) is 7.22. The van der Waals surface area contributed by atoms with Crippen molar-refractivity contribution in [3.63, 3.8) is 0 Å². The number of hydrogen-bond donors (Lipinski definition) is 2. The first-order chi connectivity index (χ1) is 13.3. The molecule has 2 aliphatic rings. The Kier molecular flexibility index (Phi) is 5.53. The van der Waals surface area contributed by atoms with E-state index in [-0.39, 0.29) is 19.0 Å². The van der Waals surface area contributed by atoms with Gasteiger partial charge in [-0.2, -0.15) is 0 Å². The molecule has 1 aromatic rings. The number of urea groups is 1. The lowest BCUT2D eigenvalue weighted by Gasteiger charge is -2.26. The number of para-hydroxylation sites is 1. The van der Waals surface area contributed by atoms with Crippen molar-refractivity contribution in [2.24, 2.45) is 0 Å². The molecule has 0 aliphatic carbocycles. The third-order valence-corrected chi connectivity index (χ3v) is 4.64. The maximum atomic E-state index is 12.1. The van der Waals surface area contributed by atoms with E-state index in [1.807, 2.05) is 24.3 Å². The third-order valence-electron chi connectivity index (χ3n) is 4.64. The van der Waals surface area contributed by atoms with E-state index in [9.17, 15) is 19.2 Å². The smallest absolute Gasteiger partial charge is 0.325 e. The van der Waals surface area contributed by atoms with E-state index in [4.69, 9.17) is 9.47 Å². The molecule has 1 fully saturated rings. The van der Waals surface area contributed by atoms with E-state index in [1.165, 1.54) is 0 Å². The summed E-state index contributed by atoms with van der Waals surface area (Å²) in [6.07, 6.45) is 0.446. The molecule has 0 aromatic heterocycles. The van der Waals surface area contributed by atoms with Crippen molar-refractivity contribution in [2.45, 2.75) is 38.3 Å². The Labute approximate surface area is 162 Å². The predicted octanol–water partition coefficient (Wildman–Crippen LogP) is 0.890. The molecule has 0 saturated carbocycles. The highest BCUT2D eigenvalue weighted by Crippen LogP contribution is 2.31. The molecular weight excluding hydrogens is 366 g/mol. The maximum absolute atomic E-state index is 12.1. The van der Waals surface area contributed by atoms with Gasteiger partial charge < -0.3 is 20.1 Å². The minimum Gasteiger partial charge on any atom is -0.493 e. The number of rotatable bonds is 6. The van der Waals surface area contributed by atoms with Crippen LogP contribution in [-0.4, -0.2) is 54.0 Å². The fourth-order valence-electron chi connectivity index (χ4n) is 3.17. The van der Waals surface area contributed by atoms with Gasteiger partial charge in [0.15, 0.2) is 6.61 Å². The molecule has 9 heteroatoms.